The number of hydrogen-bond donors (Lipinski definition) is 0. The molecule has 0 aliphatic carbocycles. The maximum Gasteiger partial charge on any atom is 0.217 e. The highest BCUT2D eigenvalue weighted by atomic mass is 32.2. The number of benzene rings is 2. The third kappa shape index (κ3) is 3.12. The number of Topliss-reactive ketones (excluding diaryl/α,β-unsaturated/α-hetero) is 1. The molecule has 0 atom stereocenters. The van der Waals surface area contributed by atoms with Gasteiger partial charge < -0.3 is 4.57 Å². The molecule has 0 N–H and O–H groups in total. The number of carbonyl (C=O) groups excluding carboxylic acids is 1. The molecule has 0 bridgehead atoms. The first kappa shape index (κ1) is 19.0. The summed E-state index contributed by atoms with van der Waals surface area (Å²) < 4.78 is 18.7. The number of rotatable bonds is 5. The van der Waals surface area contributed by atoms with Gasteiger partial charge in [-0.2, -0.15) is 0 Å². The zero-order chi connectivity index (χ0) is 20.8. The second-order valence-corrected chi connectivity index (χ2v) is 8.93. The maximum absolute atomic E-state index is 13.7. The van der Waals surface area contributed by atoms with Crippen LogP contribution in [0, 0.1) is 19.7 Å². The molecule has 0 unspecified atom stereocenters. The van der Waals surface area contributed by atoms with E-state index in [0.717, 1.165) is 26.6 Å². The number of hydrogen-bond acceptors (Lipinski definition) is 5. The SMILES string of the molecule is Cc1cc(C(=O)CSc2nnc3sc4ccccc4n23)c(C)n1-c1cccc(F)c1. The second kappa shape index (κ2) is 7.37. The average Bonchev–Trinajstić information content (AvgIpc) is 3.38. The van der Waals surface area contributed by atoms with Crippen molar-refractivity contribution in [2.75, 3.05) is 5.75 Å². The van der Waals surface area contributed by atoms with Crippen LogP contribution in [0.1, 0.15) is 21.7 Å². The van der Waals surface area contributed by atoms with Gasteiger partial charge in [0.2, 0.25) is 4.96 Å². The van der Waals surface area contributed by atoms with Crippen LogP contribution in [0.3, 0.4) is 0 Å². The smallest absolute Gasteiger partial charge is 0.217 e. The quantitative estimate of drug-likeness (QED) is 0.271. The van der Waals surface area contributed by atoms with Crippen LogP contribution < -0.4 is 0 Å². The van der Waals surface area contributed by atoms with E-state index in [4.69, 9.17) is 0 Å². The van der Waals surface area contributed by atoms with Crippen molar-refractivity contribution in [2.45, 2.75) is 19.0 Å². The topological polar surface area (TPSA) is 52.2 Å². The van der Waals surface area contributed by atoms with E-state index in [1.54, 1.807) is 17.4 Å². The molecule has 5 nitrogen and oxygen atoms in total. The first-order valence-electron chi connectivity index (χ1n) is 9.36. The number of ketones is 1. The summed E-state index contributed by atoms with van der Waals surface area (Å²) in [6, 6.07) is 16.3. The minimum atomic E-state index is -0.303. The lowest BCUT2D eigenvalue weighted by molar-refractivity contribution is 0.102. The van der Waals surface area contributed by atoms with E-state index in [1.165, 1.54) is 23.9 Å². The third-order valence-electron chi connectivity index (χ3n) is 5.04. The number of thiazole rings is 1. The Balaban J connectivity index is 1.43. The van der Waals surface area contributed by atoms with Gasteiger partial charge in [0.1, 0.15) is 5.82 Å². The number of halogens is 1. The van der Waals surface area contributed by atoms with Gasteiger partial charge >= 0.3 is 0 Å². The Morgan fingerprint density at radius 3 is 2.77 bits per heavy atom. The zero-order valence-electron chi connectivity index (χ0n) is 16.3. The van der Waals surface area contributed by atoms with Crippen molar-refractivity contribution in [3.63, 3.8) is 0 Å². The van der Waals surface area contributed by atoms with Crippen LogP contribution in [-0.4, -0.2) is 30.7 Å². The van der Waals surface area contributed by atoms with E-state index in [2.05, 4.69) is 16.3 Å². The summed E-state index contributed by atoms with van der Waals surface area (Å²) in [4.78, 5) is 13.8. The van der Waals surface area contributed by atoms with Crippen molar-refractivity contribution in [3.05, 3.63) is 77.4 Å². The van der Waals surface area contributed by atoms with Crippen molar-refractivity contribution < 1.29 is 9.18 Å². The molecule has 0 spiro atoms. The van der Waals surface area contributed by atoms with Crippen LogP contribution in [0.15, 0.2) is 59.8 Å². The molecule has 0 aliphatic heterocycles. The number of para-hydroxylation sites is 1. The highest BCUT2D eigenvalue weighted by Crippen LogP contribution is 2.30. The standard InChI is InChI=1S/C22H17FN4OS2/c1-13-10-17(14(2)26(13)16-7-5-6-15(23)11-16)19(28)12-29-21-24-25-22-27(21)18-8-3-4-9-20(18)30-22/h3-11H,12H2,1-2H3. The van der Waals surface area contributed by atoms with Gasteiger partial charge in [-0.05, 0) is 50.2 Å². The fourth-order valence-electron chi connectivity index (χ4n) is 3.71. The molecule has 0 radical (unpaired) electrons. The van der Waals surface area contributed by atoms with Crippen molar-refractivity contribution in [1.29, 1.82) is 0 Å². The average molecular weight is 437 g/mol. The molecule has 0 amide bonds. The molecule has 5 rings (SSSR count). The highest BCUT2D eigenvalue weighted by molar-refractivity contribution is 7.99. The minimum absolute atomic E-state index is 0.00652. The summed E-state index contributed by atoms with van der Waals surface area (Å²) in [5.74, 6) is -0.0485. The summed E-state index contributed by atoms with van der Waals surface area (Å²) in [5, 5.41) is 9.21. The van der Waals surface area contributed by atoms with E-state index in [1.807, 2.05) is 53.1 Å². The third-order valence-corrected chi connectivity index (χ3v) is 6.98. The van der Waals surface area contributed by atoms with Crippen molar-refractivity contribution in [1.82, 2.24) is 19.2 Å². The Kier molecular flexibility index (Phi) is 4.67. The Hall–Kier alpha value is -2.97. The van der Waals surface area contributed by atoms with Crippen LogP contribution in [0.4, 0.5) is 4.39 Å². The fraction of sp³-hybridized carbons (Fsp3) is 0.136. The van der Waals surface area contributed by atoms with E-state index in [9.17, 15) is 9.18 Å². The molecule has 5 aromatic rings. The normalized spacial score (nSPS) is 11.6. The minimum Gasteiger partial charge on any atom is -0.318 e. The summed E-state index contributed by atoms with van der Waals surface area (Å²) in [6.45, 7) is 3.80. The Labute approximate surface area is 180 Å². The fourth-order valence-corrected chi connectivity index (χ4v) is 5.57. The van der Waals surface area contributed by atoms with E-state index >= 15 is 0 Å². The number of nitrogens with zero attached hydrogens (tertiary/aromatic N) is 4. The summed E-state index contributed by atoms with van der Waals surface area (Å²) in [5.41, 5.74) is 4.08. The molecule has 150 valence electrons. The molecule has 0 saturated carbocycles. The van der Waals surface area contributed by atoms with Crippen LogP contribution in [0.25, 0.3) is 20.9 Å². The number of aromatic nitrogens is 4. The summed E-state index contributed by atoms with van der Waals surface area (Å²) in [6.07, 6.45) is 0. The van der Waals surface area contributed by atoms with E-state index < -0.39 is 0 Å². The van der Waals surface area contributed by atoms with E-state index in [-0.39, 0.29) is 17.4 Å². The molecule has 30 heavy (non-hydrogen) atoms. The molecular formula is C22H17FN4OS2. The van der Waals surface area contributed by atoms with Gasteiger partial charge in [-0.25, -0.2) is 4.39 Å². The lowest BCUT2D eigenvalue weighted by Gasteiger charge is -2.10. The number of aryl methyl sites for hydroxylation is 1. The molecule has 8 heteroatoms. The van der Waals surface area contributed by atoms with Gasteiger partial charge in [-0.3, -0.25) is 9.20 Å². The largest absolute Gasteiger partial charge is 0.318 e. The molecule has 0 aliphatic rings. The molecule has 0 saturated heterocycles. The number of carbonyl (C=O) groups is 1. The monoisotopic (exact) mass is 436 g/mol. The summed E-state index contributed by atoms with van der Waals surface area (Å²) in [7, 11) is 0. The first-order chi connectivity index (χ1) is 14.5. The second-order valence-electron chi connectivity index (χ2n) is 6.98. The Morgan fingerprint density at radius 1 is 1.10 bits per heavy atom. The maximum atomic E-state index is 13.7. The van der Waals surface area contributed by atoms with E-state index in [0.29, 0.717) is 16.4 Å². The van der Waals surface area contributed by atoms with Crippen molar-refractivity contribution in [3.8, 4) is 5.69 Å². The van der Waals surface area contributed by atoms with Crippen LogP contribution in [0.5, 0.6) is 0 Å². The first-order valence-corrected chi connectivity index (χ1v) is 11.2. The van der Waals surface area contributed by atoms with Gasteiger partial charge in [-0.1, -0.05) is 41.3 Å². The van der Waals surface area contributed by atoms with Crippen molar-refractivity contribution >= 4 is 44.1 Å². The molecular weight excluding hydrogens is 419 g/mol. The molecule has 3 heterocycles. The van der Waals surface area contributed by atoms with Gasteiger partial charge in [0.05, 0.1) is 16.0 Å². The van der Waals surface area contributed by atoms with Crippen LogP contribution in [-0.2, 0) is 0 Å². The predicted molar refractivity (Wildman–Crippen MR) is 119 cm³/mol. The highest BCUT2D eigenvalue weighted by Gasteiger charge is 2.19. The molecule has 3 aromatic heterocycles. The number of fused-ring (bicyclic) bond motifs is 3. The lowest BCUT2D eigenvalue weighted by Crippen LogP contribution is -2.06. The zero-order valence-corrected chi connectivity index (χ0v) is 17.9. The number of thioether (sulfide) groups is 1. The van der Waals surface area contributed by atoms with Crippen LogP contribution >= 0.6 is 23.1 Å². The predicted octanol–water partition coefficient (Wildman–Crippen LogP) is 5.47. The molecule has 0 fully saturated rings. The van der Waals surface area contributed by atoms with Gasteiger partial charge in [0.15, 0.2) is 10.9 Å². The van der Waals surface area contributed by atoms with Gasteiger partial charge in [-0.15, -0.1) is 10.2 Å². The Bertz CT molecular complexity index is 1420. The van der Waals surface area contributed by atoms with Gasteiger partial charge in [0, 0.05) is 22.6 Å². The molecule has 2 aromatic carbocycles. The lowest BCUT2D eigenvalue weighted by atomic mass is 10.2. The summed E-state index contributed by atoms with van der Waals surface area (Å²) >= 11 is 2.96. The van der Waals surface area contributed by atoms with Crippen molar-refractivity contribution in [2.24, 2.45) is 0 Å². The van der Waals surface area contributed by atoms with Crippen LogP contribution in [0.2, 0.25) is 0 Å². The Morgan fingerprint density at radius 2 is 1.93 bits per heavy atom. The van der Waals surface area contributed by atoms with Gasteiger partial charge in [0.25, 0.3) is 0 Å².